The Morgan fingerprint density at radius 3 is 2.79 bits per heavy atom. The third-order valence-corrected chi connectivity index (χ3v) is 5.40. The average molecular weight is 393 g/mol. The van der Waals surface area contributed by atoms with Crippen molar-refractivity contribution in [3.05, 3.63) is 59.3 Å². The van der Waals surface area contributed by atoms with Crippen LogP contribution in [-0.2, 0) is 17.6 Å². The van der Waals surface area contributed by atoms with Crippen molar-refractivity contribution in [2.45, 2.75) is 45.4 Å². The minimum atomic E-state index is -0.00892. The molecule has 1 saturated heterocycles. The van der Waals surface area contributed by atoms with Crippen molar-refractivity contribution in [1.29, 1.82) is 0 Å². The molecule has 0 spiro atoms. The van der Waals surface area contributed by atoms with E-state index in [0.29, 0.717) is 24.0 Å². The molecule has 0 aliphatic carbocycles. The Labute approximate surface area is 170 Å². The number of nitrogens with zero attached hydrogens (tertiary/aromatic N) is 3. The highest BCUT2D eigenvalue weighted by molar-refractivity contribution is 5.96. The molecule has 29 heavy (non-hydrogen) atoms. The Bertz CT molecular complexity index is 1010. The third kappa shape index (κ3) is 4.32. The van der Waals surface area contributed by atoms with Crippen LogP contribution in [0.2, 0.25) is 0 Å². The summed E-state index contributed by atoms with van der Waals surface area (Å²) in [7, 11) is 0. The number of ether oxygens (including phenoxy) is 2. The second-order valence-electron chi connectivity index (χ2n) is 7.38. The van der Waals surface area contributed by atoms with Crippen molar-refractivity contribution < 1.29 is 14.3 Å². The number of carbonyl (C=O) groups is 1. The van der Waals surface area contributed by atoms with Crippen LogP contribution in [0, 0.1) is 0 Å². The summed E-state index contributed by atoms with van der Waals surface area (Å²) in [5, 5.41) is 0. The maximum Gasteiger partial charge on any atom is 0.185 e. The Hall–Kier alpha value is -2.73. The van der Waals surface area contributed by atoms with Gasteiger partial charge in [0.05, 0.1) is 12.3 Å². The fourth-order valence-corrected chi connectivity index (χ4v) is 3.79. The molecule has 0 unspecified atom stereocenters. The fourth-order valence-electron chi connectivity index (χ4n) is 3.79. The van der Waals surface area contributed by atoms with Crippen LogP contribution in [-0.4, -0.2) is 40.0 Å². The molecule has 4 heterocycles. The van der Waals surface area contributed by atoms with Gasteiger partial charge in [0.25, 0.3) is 0 Å². The number of hydrogen-bond donors (Lipinski definition) is 0. The van der Waals surface area contributed by atoms with Crippen LogP contribution in [0.1, 0.15) is 60.0 Å². The van der Waals surface area contributed by atoms with Gasteiger partial charge in [-0.3, -0.25) is 4.79 Å². The van der Waals surface area contributed by atoms with Gasteiger partial charge in [-0.15, -0.1) is 0 Å². The molecule has 4 rings (SSSR count). The lowest BCUT2D eigenvalue weighted by Gasteiger charge is -2.19. The summed E-state index contributed by atoms with van der Waals surface area (Å²) in [5.41, 5.74) is 4.20. The molecule has 0 bridgehead atoms. The summed E-state index contributed by atoms with van der Waals surface area (Å²) in [6.45, 7) is 6.08. The van der Waals surface area contributed by atoms with Gasteiger partial charge in [0, 0.05) is 55.3 Å². The van der Waals surface area contributed by atoms with Crippen LogP contribution in [0.15, 0.2) is 36.7 Å². The van der Waals surface area contributed by atoms with E-state index in [0.717, 1.165) is 55.1 Å². The molecule has 0 radical (unpaired) electrons. The molecule has 3 aromatic rings. The van der Waals surface area contributed by atoms with Crippen molar-refractivity contribution in [3.8, 4) is 5.75 Å². The second-order valence-corrected chi connectivity index (χ2v) is 7.38. The van der Waals surface area contributed by atoms with Gasteiger partial charge in [-0.1, -0.05) is 13.0 Å². The first-order valence-electron chi connectivity index (χ1n) is 10.4. The van der Waals surface area contributed by atoms with Gasteiger partial charge >= 0.3 is 0 Å². The molecule has 0 saturated carbocycles. The number of imidazole rings is 1. The fraction of sp³-hybridized carbons (Fsp3) is 0.435. The first-order valence-corrected chi connectivity index (χ1v) is 10.4. The monoisotopic (exact) mass is 393 g/mol. The first-order chi connectivity index (χ1) is 14.2. The minimum absolute atomic E-state index is 0.00892. The second kappa shape index (κ2) is 8.74. The van der Waals surface area contributed by atoms with E-state index in [2.05, 4.69) is 11.2 Å². The van der Waals surface area contributed by atoms with Crippen molar-refractivity contribution in [2.75, 3.05) is 19.8 Å². The standard InChI is InChI=1S/C23H27N3O3/c1-3-18-6-5-7-19(24-18)21(27)12-17-14-26-15-20(16-8-10-28-11-9-16)25-23(26)13-22(17)29-4-2/h5-7,13-16H,3-4,8-12H2,1-2H3. The number of aryl methyl sites for hydroxylation is 1. The molecule has 1 fully saturated rings. The van der Waals surface area contributed by atoms with Crippen LogP contribution in [0.4, 0.5) is 0 Å². The van der Waals surface area contributed by atoms with Crippen molar-refractivity contribution in [3.63, 3.8) is 0 Å². The molecular formula is C23H27N3O3. The molecule has 0 atom stereocenters. The van der Waals surface area contributed by atoms with Crippen LogP contribution in [0.25, 0.3) is 5.65 Å². The zero-order valence-corrected chi connectivity index (χ0v) is 17.1. The number of carbonyl (C=O) groups excluding carboxylic acids is 1. The van der Waals surface area contributed by atoms with E-state index < -0.39 is 0 Å². The Morgan fingerprint density at radius 1 is 1.21 bits per heavy atom. The van der Waals surface area contributed by atoms with E-state index in [1.807, 2.05) is 42.6 Å². The van der Waals surface area contributed by atoms with E-state index >= 15 is 0 Å². The summed E-state index contributed by atoms with van der Waals surface area (Å²) in [5.74, 6) is 1.12. The summed E-state index contributed by atoms with van der Waals surface area (Å²) in [6.07, 6.45) is 7.08. The summed E-state index contributed by atoms with van der Waals surface area (Å²) < 4.78 is 13.3. The van der Waals surface area contributed by atoms with Crippen LogP contribution in [0.5, 0.6) is 5.75 Å². The maximum absolute atomic E-state index is 12.9. The van der Waals surface area contributed by atoms with E-state index in [-0.39, 0.29) is 12.2 Å². The number of fused-ring (bicyclic) bond motifs is 1. The summed E-state index contributed by atoms with van der Waals surface area (Å²) >= 11 is 0. The van der Waals surface area contributed by atoms with Gasteiger partial charge < -0.3 is 13.9 Å². The highest BCUT2D eigenvalue weighted by Crippen LogP contribution is 2.29. The SMILES string of the molecule is CCOc1cc2nc(C3CCOCC3)cn2cc1CC(=O)c1cccc(CC)n1. The van der Waals surface area contributed by atoms with E-state index in [4.69, 9.17) is 14.5 Å². The zero-order valence-electron chi connectivity index (χ0n) is 17.1. The highest BCUT2D eigenvalue weighted by atomic mass is 16.5. The lowest BCUT2D eigenvalue weighted by molar-refractivity contribution is 0.0846. The largest absolute Gasteiger partial charge is 0.493 e. The lowest BCUT2D eigenvalue weighted by Crippen LogP contribution is -2.14. The van der Waals surface area contributed by atoms with Gasteiger partial charge in [0.2, 0.25) is 0 Å². The average Bonchev–Trinajstić information content (AvgIpc) is 3.17. The predicted octanol–water partition coefficient (Wildman–Crippen LogP) is 4.01. The first kappa shape index (κ1) is 19.6. The molecule has 0 N–H and O–H groups in total. The number of Topliss-reactive ketones (excluding diaryl/α,β-unsaturated/α-hetero) is 1. The Kier molecular flexibility index (Phi) is 5.90. The molecule has 0 aromatic carbocycles. The van der Waals surface area contributed by atoms with Gasteiger partial charge in [-0.25, -0.2) is 9.97 Å². The minimum Gasteiger partial charge on any atom is -0.493 e. The number of hydrogen-bond acceptors (Lipinski definition) is 5. The van der Waals surface area contributed by atoms with E-state index in [1.54, 1.807) is 6.07 Å². The number of pyridine rings is 2. The quantitative estimate of drug-likeness (QED) is 0.568. The van der Waals surface area contributed by atoms with Gasteiger partial charge in [-0.05, 0) is 38.3 Å². The van der Waals surface area contributed by atoms with Gasteiger partial charge in [0.1, 0.15) is 17.1 Å². The number of rotatable bonds is 7. The topological polar surface area (TPSA) is 65.7 Å². The van der Waals surface area contributed by atoms with Crippen LogP contribution < -0.4 is 4.74 Å². The molecule has 152 valence electrons. The number of aromatic nitrogens is 3. The maximum atomic E-state index is 12.9. The predicted molar refractivity (Wildman–Crippen MR) is 111 cm³/mol. The van der Waals surface area contributed by atoms with E-state index in [9.17, 15) is 4.79 Å². The van der Waals surface area contributed by atoms with Gasteiger partial charge in [-0.2, -0.15) is 0 Å². The van der Waals surface area contributed by atoms with Gasteiger partial charge in [0.15, 0.2) is 5.78 Å². The normalized spacial score (nSPS) is 15.0. The summed E-state index contributed by atoms with van der Waals surface area (Å²) in [4.78, 5) is 22.2. The highest BCUT2D eigenvalue weighted by Gasteiger charge is 2.20. The van der Waals surface area contributed by atoms with Crippen molar-refractivity contribution in [1.82, 2.24) is 14.4 Å². The van der Waals surface area contributed by atoms with E-state index in [1.165, 1.54) is 0 Å². The van der Waals surface area contributed by atoms with Crippen LogP contribution in [0.3, 0.4) is 0 Å². The molecule has 6 heteroatoms. The van der Waals surface area contributed by atoms with Crippen molar-refractivity contribution in [2.24, 2.45) is 0 Å². The summed E-state index contributed by atoms with van der Waals surface area (Å²) in [6, 6.07) is 7.55. The lowest BCUT2D eigenvalue weighted by atomic mass is 9.97. The molecular weight excluding hydrogens is 366 g/mol. The zero-order chi connectivity index (χ0) is 20.2. The molecule has 1 aliphatic rings. The third-order valence-electron chi connectivity index (χ3n) is 5.40. The number of ketones is 1. The Balaban J connectivity index is 1.64. The molecule has 1 aliphatic heterocycles. The van der Waals surface area contributed by atoms with Crippen LogP contribution >= 0.6 is 0 Å². The molecule has 6 nitrogen and oxygen atoms in total. The Morgan fingerprint density at radius 2 is 2.03 bits per heavy atom. The molecule has 3 aromatic heterocycles. The smallest absolute Gasteiger partial charge is 0.185 e. The van der Waals surface area contributed by atoms with Crippen molar-refractivity contribution >= 4 is 11.4 Å². The molecule has 0 amide bonds.